The lowest BCUT2D eigenvalue weighted by Gasteiger charge is -2.17. The number of halogens is 1. The van der Waals surface area contributed by atoms with Crippen molar-refractivity contribution in [3.8, 4) is 0 Å². The predicted octanol–water partition coefficient (Wildman–Crippen LogP) is 2.31. The van der Waals surface area contributed by atoms with Crippen LogP contribution >= 0.6 is 20.2 Å². The molecule has 5 nitrogen and oxygen atoms in total. The molecule has 1 aromatic heterocycles. The van der Waals surface area contributed by atoms with Crippen molar-refractivity contribution in [2.45, 2.75) is 18.4 Å². The molecule has 2 atom stereocenters. The van der Waals surface area contributed by atoms with E-state index in [9.17, 15) is 4.21 Å². The Kier molecular flexibility index (Phi) is 4.64. The molecule has 8 heteroatoms. The topological polar surface area (TPSA) is 72.9 Å². The predicted molar refractivity (Wildman–Crippen MR) is 94.4 cm³/mol. The minimum absolute atomic E-state index is 0.530. The van der Waals surface area contributed by atoms with E-state index in [2.05, 4.69) is 23.4 Å². The van der Waals surface area contributed by atoms with Crippen LogP contribution < -0.4 is 15.9 Å². The molecule has 0 spiro atoms. The highest BCUT2D eigenvalue weighted by atomic mass is 35.5. The maximum atomic E-state index is 11.2. The molecule has 1 aromatic carbocycles. The van der Waals surface area contributed by atoms with Crippen LogP contribution in [0.2, 0.25) is 5.15 Å². The smallest absolute Gasteiger partial charge is 0.161 e. The van der Waals surface area contributed by atoms with E-state index in [1.807, 2.05) is 16.8 Å². The number of nitrogens with two attached hydrogens (primary N) is 1. The van der Waals surface area contributed by atoms with Crippen LogP contribution in [-0.2, 0) is 17.5 Å². The average Bonchev–Trinajstić information content (AvgIpc) is 2.85. The van der Waals surface area contributed by atoms with Gasteiger partial charge in [-0.25, -0.2) is 9.35 Å². The second-order valence-electron chi connectivity index (χ2n) is 4.78. The standard InChI is InChI=1S/C14H16ClN4OPS/c1-2-19-14-12(13(15)18-19)11(7-8-21-14)17-9-3-5-10(6-4-9)22(16)20/h3-7,17,21H,2,8,16H2,1H3. The first kappa shape index (κ1) is 15.7. The monoisotopic (exact) mass is 354 g/mol. The number of hydrogen-bond acceptors (Lipinski definition) is 3. The van der Waals surface area contributed by atoms with Gasteiger partial charge in [0.1, 0.15) is 11.0 Å². The fourth-order valence-electron chi connectivity index (χ4n) is 2.37. The summed E-state index contributed by atoms with van der Waals surface area (Å²) in [5.74, 6) is 0. The lowest BCUT2D eigenvalue weighted by Crippen LogP contribution is -2.19. The highest BCUT2D eigenvalue weighted by molar-refractivity contribution is 7.82. The van der Waals surface area contributed by atoms with Crippen molar-refractivity contribution in [3.05, 3.63) is 41.1 Å². The fourth-order valence-corrected chi connectivity index (χ4v) is 4.46. The van der Waals surface area contributed by atoms with Gasteiger partial charge in [-0.3, -0.25) is 4.68 Å². The molecule has 1 aliphatic heterocycles. The Hall–Kier alpha value is -1.20. The molecular weight excluding hydrogens is 339 g/mol. The number of nitrogens with one attached hydrogen (secondary N) is 1. The Labute approximate surface area is 138 Å². The molecule has 0 radical (unpaired) electrons. The summed E-state index contributed by atoms with van der Waals surface area (Å²) in [7, 11) is -0.774. The molecule has 2 unspecified atom stereocenters. The van der Waals surface area contributed by atoms with Gasteiger partial charge in [0.05, 0.1) is 15.9 Å². The van der Waals surface area contributed by atoms with Gasteiger partial charge in [-0.2, -0.15) is 5.10 Å². The van der Waals surface area contributed by atoms with E-state index in [1.54, 1.807) is 12.1 Å². The van der Waals surface area contributed by atoms with Crippen LogP contribution in [0.3, 0.4) is 0 Å². The maximum absolute atomic E-state index is 11.2. The third kappa shape index (κ3) is 2.97. The summed E-state index contributed by atoms with van der Waals surface area (Å²) < 4.78 is 13.2. The van der Waals surface area contributed by atoms with Crippen LogP contribution in [0, 0.1) is 0 Å². The number of anilines is 1. The first-order chi connectivity index (χ1) is 10.6. The molecule has 0 bridgehead atoms. The van der Waals surface area contributed by atoms with E-state index in [-0.39, 0.29) is 0 Å². The van der Waals surface area contributed by atoms with E-state index < -0.39 is 11.0 Å². The maximum Gasteiger partial charge on any atom is 0.161 e. The first-order valence-electron chi connectivity index (χ1n) is 6.84. The second-order valence-corrected chi connectivity index (χ2v) is 7.44. The van der Waals surface area contributed by atoms with Gasteiger partial charge in [-0.15, -0.1) is 0 Å². The summed E-state index contributed by atoms with van der Waals surface area (Å²) >= 11 is 6.30. The zero-order valence-electron chi connectivity index (χ0n) is 12.0. The highest BCUT2D eigenvalue weighted by Gasteiger charge is 2.22. The number of rotatable bonds is 4. The van der Waals surface area contributed by atoms with E-state index in [1.165, 1.54) is 5.44 Å². The summed E-state index contributed by atoms with van der Waals surface area (Å²) in [6.45, 7) is 2.87. The van der Waals surface area contributed by atoms with Gasteiger partial charge >= 0.3 is 0 Å². The minimum Gasteiger partial charge on any atom is -0.355 e. The number of aryl methyl sites for hydroxylation is 1. The van der Waals surface area contributed by atoms with Crippen LogP contribution in [-0.4, -0.2) is 20.2 Å². The molecule has 0 saturated carbocycles. The number of benzene rings is 1. The number of aromatic nitrogens is 2. The largest absolute Gasteiger partial charge is 0.355 e. The average molecular weight is 355 g/mol. The van der Waals surface area contributed by atoms with Crippen molar-refractivity contribution in [1.82, 2.24) is 9.78 Å². The van der Waals surface area contributed by atoms with Crippen molar-refractivity contribution >= 4 is 48.0 Å². The summed E-state index contributed by atoms with van der Waals surface area (Å²) in [5.41, 5.74) is 4.05. The van der Waals surface area contributed by atoms with Crippen molar-refractivity contribution in [1.29, 1.82) is 0 Å². The molecule has 0 fully saturated rings. The van der Waals surface area contributed by atoms with Gasteiger partial charge in [0, 0.05) is 17.9 Å². The van der Waals surface area contributed by atoms with Crippen molar-refractivity contribution in [3.63, 3.8) is 0 Å². The van der Waals surface area contributed by atoms with Crippen molar-refractivity contribution in [2.75, 3.05) is 11.5 Å². The minimum atomic E-state index is -1.46. The zero-order valence-corrected chi connectivity index (χ0v) is 14.5. The van der Waals surface area contributed by atoms with Gasteiger partial charge in [-0.1, -0.05) is 26.3 Å². The Morgan fingerprint density at radius 3 is 2.82 bits per heavy atom. The lowest BCUT2D eigenvalue weighted by atomic mass is 10.2. The Bertz CT molecular complexity index is 757. The summed E-state index contributed by atoms with van der Waals surface area (Å²) in [5, 5.41) is 13.7. The highest BCUT2D eigenvalue weighted by Crippen LogP contribution is 2.32. The number of allylic oxidation sites excluding steroid dienone is 1. The number of fused-ring (bicyclic) bond motifs is 1. The molecule has 3 N–H and O–H groups in total. The molecular formula is C14H16ClN4OPS. The second kappa shape index (κ2) is 6.50. The number of nitrogens with zero attached hydrogens (tertiary/aromatic N) is 2. The molecule has 0 amide bonds. The molecule has 3 rings (SSSR count). The summed E-state index contributed by atoms with van der Waals surface area (Å²) in [6.07, 6.45) is 3.12. The van der Waals surface area contributed by atoms with E-state index in [4.69, 9.17) is 16.7 Å². The van der Waals surface area contributed by atoms with Gasteiger partial charge in [0.15, 0.2) is 5.15 Å². The van der Waals surface area contributed by atoms with Crippen molar-refractivity contribution < 1.29 is 4.21 Å². The molecule has 2 aromatic rings. The van der Waals surface area contributed by atoms with Crippen molar-refractivity contribution in [2.24, 2.45) is 5.14 Å². The van der Waals surface area contributed by atoms with Crippen LogP contribution in [0.1, 0.15) is 12.5 Å². The fraction of sp³-hybridized carbons (Fsp3) is 0.214. The quantitative estimate of drug-likeness (QED) is 0.827. The van der Waals surface area contributed by atoms with E-state index >= 15 is 0 Å². The van der Waals surface area contributed by atoms with Crippen LogP contribution in [0.4, 0.5) is 5.69 Å². The Morgan fingerprint density at radius 2 is 2.18 bits per heavy atom. The Morgan fingerprint density at radius 1 is 1.45 bits per heavy atom. The van der Waals surface area contributed by atoms with Gasteiger partial charge in [-0.05, 0) is 37.4 Å². The van der Waals surface area contributed by atoms with Crippen LogP contribution in [0.15, 0.2) is 35.2 Å². The van der Waals surface area contributed by atoms with E-state index in [0.29, 0.717) is 18.6 Å². The zero-order chi connectivity index (χ0) is 15.7. The lowest BCUT2D eigenvalue weighted by molar-refractivity contribution is 0.678. The Balaban J connectivity index is 1.89. The van der Waals surface area contributed by atoms with Crippen LogP contribution in [0.25, 0.3) is 5.70 Å². The van der Waals surface area contributed by atoms with Gasteiger partial charge in [0.2, 0.25) is 0 Å². The SMILES string of the molecule is CCn1nc(Cl)c2c1PCC=C2Nc1ccc(S(N)=O)cc1. The van der Waals surface area contributed by atoms with Gasteiger partial charge < -0.3 is 5.32 Å². The molecule has 2 heterocycles. The molecule has 116 valence electrons. The molecule has 1 aliphatic rings. The first-order valence-corrected chi connectivity index (χ1v) is 9.64. The van der Waals surface area contributed by atoms with E-state index in [0.717, 1.165) is 29.7 Å². The third-order valence-corrected chi connectivity index (χ3v) is 5.67. The molecule has 22 heavy (non-hydrogen) atoms. The normalized spacial score (nSPS) is 16.2. The molecule has 0 aliphatic carbocycles. The summed E-state index contributed by atoms with van der Waals surface area (Å²) in [6, 6.07) is 7.22. The third-order valence-electron chi connectivity index (χ3n) is 3.42. The summed E-state index contributed by atoms with van der Waals surface area (Å²) in [4.78, 5) is 0.599. The number of hydrogen-bond donors (Lipinski definition) is 2. The van der Waals surface area contributed by atoms with Crippen LogP contribution in [0.5, 0.6) is 0 Å². The molecule has 0 saturated heterocycles. The van der Waals surface area contributed by atoms with Gasteiger partial charge in [0.25, 0.3) is 0 Å².